The molecule has 2 fully saturated rings. The predicted molar refractivity (Wildman–Crippen MR) is 105 cm³/mol. The van der Waals surface area contributed by atoms with Gasteiger partial charge in [-0.15, -0.1) is 24.0 Å². The van der Waals surface area contributed by atoms with Gasteiger partial charge in [-0.2, -0.15) is 0 Å². The van der Waals surface area contributed by atoms with Gasteiger partial charge in [0.25, 0.3) is 0 Å². The smallest absolute Gasteiger partial charge is 0.213 e. The van der Waals surface area contributed by atoms with Gasteiger partial charge in [-0.05, 0) is 31.4 Å². The molecule has 1 aromatic rings. The van der Waals surface area contributed by atoms with E-state index in [1.54, 1.807) is 13.3 Å². The third-order valence-corrected chi connectivity index (χ3v) is 4.68. The van der Waals surface area contributed by atoms with Crippen molar-refractivity contribution in [3.05, 3.63) is 23.9 Å². The van der Waals surface area contributed by atoms with Crippen molar-refractivity contribution in [3.8, 4) is 5.88 Å². The van der Waals surface area contributed by atoms with Gasteiger partial charge >= 0.3 is 0 Å². The highest BCUT2D eigenvalue weighted by atomic mass is 127. The highest BCUT2D eigenvalue weighted by Gasteiger charge is 2.42. The van der Waals surface area contributed by atoms with Crippen LogP contribution in [0.2, 0.25) is 0 Å². The molecular formula is C17H27IN4O2. The van der Waals surface area contributed by atoms with E-state index in [-0.39, 0.29) is 24.0 Å². The van der Waals surface area contributed by atoms with E-state index in [1.165, 1.54) is 12.8 Å². The first-order valence-electron chi connectivity index (χ1n) is 8.35. The van der Waals surface area contributed by atoms with Gasteiger partial charge in [0.1, 0.15) is 0 Å². The molecular weight excluding hydrogens is 419 g/mol. The molecule has 0 aromatic carbocycles. The van der Waals surface area contributed by atoms with E-state index in [4.69, 9.17) is 14.5 Å². The number of guanidine groups is 1. The predicted octanol–water partition coefficient (Wildman–Crippen LogP) is 2.29. The number of methoxy groups -OCH3 is 1. The molecule has 1 unspecified atom stereocenters. The molecule has 0 radical (unpaired) electrons. The van der Waals surface area contributed by atoms with Gasteiger partial charge in [0.2, 0.25) is 5.88 Å². The Kier molecular flexibility index (Phi) is 7.09. The fourth-order valence-corrected chi connectivity index (χ4v) is 3.34. The van der Waals surface area contributed by atoms with E-state index >= 15 is 0 Å². The quantitative estimate of drug-likeness (QED) is 0.437. The second-order valence-electron chi connectivity index (χ2n) is 6.35. The van der Waals surface area contributed by atoms with Crippen LogP contribution in [0.3, 0.4) is 0 Å². The fourth-order valence-electron chi connectivity index (χ4n) is 3.34. The van der Waals surface area contributed by atoms with Gasteiger partial charge in [-0.3, -0.25) is 0 Å². The molecule has 24 heavy (non-hydrogen) atoms. The van der Waals surface area contributed by atoms with Crippen molar-refractivity contribution < 1.29 is 9.47 Å². The number of aromatic nitrogens is 1. The first kappa shape index (κ1) is 19.2. The lowest BCUT2D eigenvalue weighted by atomic mass is 9.87. The molecule has 1 atom stereocenters. The Morgan fingerprint density at radius 3 is 3.08 bits per heavy atom. The highest BCUT2D eigenvalue weighted by molar-refractivity contribution is 14.0. The SMILES string of the molecule is CCNC(=NCc1ccnc(OC)c1)N1CCC2(CCOC2)C1.I. The monoisotopic (exact) mass is 446 g/mol. The minimum absolute atomic E-state index is 0. The zero-order valence-electron chi connectivity index (χ0n) is 14.5. The van der Waals surface area contributed by atoms with Crippen LogP contribution >= 0.6 is 24.0 Å². The Hall–Kier alpha value is -1.09. The number of likely N-dealkylation sites (tertiary alicyclic amines) is 1. The van der Waals surface area contributed by atoms with Crippen LogP contribution in [0, 0.1) is 5.41 Å². The van der Waals surface area contributed by atoms with Crippen molar-refractivity contribution in [2.75, 3.05) is 40.0 Å². The minimum atomic E-state index is 0. The number of hydrogen-bond acceptors (Lipinski definition) is 4. The van der Waals surface area contributed by atoms with Crippen molar-refractivity contribution in [2.45, 2.75) is 26.3 Å². The third-order valence-electron chi connectivity index (χ3n) is 4.68. The number of nitrogens with zero attached hydrogens (tertiary/aromatic N) is 3. The average molecular weight is 446 g/mol. The molecule has 2 aliphatic rings. The topological polar surface area (TPSA) is 59.0 Å². The molecule has 2 aliphatic heterocycles. The Morgan fingerprint density at radius 2 is 2.38 bits per heavy atom. The van der Waals surface area contributed by atoms with Gasteiger partial charge < -0.3 is 19.7 Å². The second kappa shape index (κ2) is 8.84. The molecule has 0 aliphatic carbocycles. The number of rotatable bonds is 4. The molecule has 0 saturated carbocycles. The Morgan fingerprint density at radius 1 is 1.50 bits per heavy atom. The summed E-state index contributed by atoms with van der Waals surface area (Å²) in [7, 11) is 1.63. The van der Waals surface area contributed by atoms with Crippen molar-refractivity contribution in [2.24, 2.45) is 10.4 Å². The van der Waals surface area contributed by atoms with Crippen LogP contribution in [-0.4, -0.2) is 55.8 Å². The van der Waals surface area contributed by atoms with E-state index in [0.29, 0.717) is 17.8 Å². The minimum Gasteiger partial charge on any atom is -0.481 e. The second-order valence-corrected chi connectivity index (χ2v) is 6.35. The average Bonchev–Trinajstić information content (AvgIpc) is 3.22. The summed E-state index contributed by atoms with van der Waals surface area (Å²) in [4.78, 5) is 11.3. The summed E-state index contributed by atoms with van der Waals surface area (Å²) in [6.45, 7) is 7.49. The maximum Gasteiger partial charge on any atom is 0.213 e. The van der Waals surface area contributed by atoms with Gasteiger partial charge in [-0.25, -0.2) is 9.98 Å². The van der Waals surface area contributed by atoms with E-state index in [2.05, 4.69) is 22.1 Å². The number of pyridine rings is 1. The summed E-state index contributed by atoms with van der Waals surface area (Å²) < 4.78 is 10.8. The third kappa shape index (κ3) is 4.50. The van der Waals surface area contributed by atoms with E-state index in [1.807, 2.05) is 12.1 Å². The van der Waals surface area contributed by atoms with Crippen molar-refractivity contribution >= 4 is 29.9 Å². The highest BCUT2D eigenvalue weighted by Crippen LogP contribution is 2.38. The molecule has 0 bridgehead atoms. The summed E-state index contributed by atoms with van der Waals surface area (Å²) in [6.07, 6.45) is 4.13. The first-order chi connectivity index (χ1) is 11.2. The van der Waals surface area contributed by atoms with Crippen molar-refractivity contribution in [1.82, 2.24) is 15.2 Å². The van der Waals surface area contributed by atoms with Crippen molar-refractivity contribution in [1.29, 1.82) is 0 Å². The lowest BCUT2D eigenvalue weighted by molar-refractivity contribution is 0.156. The number of hydrogen-bond donors (Lipinski definition) is 1. The number of aliphatic imine (C=N–C) groups is 1. The molecule has 7 heteroatoms. The Labute approximate surface area is 161 Å². The maximum absolute atomic E-state index is 5.62. The van der Waals surface area contributed by atoms with E-state index in [9.17, 15) is 0 Å². The Bertz CT molecular complexity index is 561. The summed E-state index contributed by atoms with van der Waals surface area (Å²) in [6, 6.07) is 3.91. The van der Waals surface area contributed by atoms with E-state index < -0.39 is 0 Å². The largest absolute Gasteiger partial charge is 0.481 e. The zero-order valence-corrected chi connectivity index (χ0v) is 16.8. The number of halogens is 1. The summed E-state index contributed by atoms with van der Waals surface area (Å²) in [5, 5.41) is 3.42. The number of nitrogens with one attached hydrogen (secondary N) is 1. The standard InChI is InChI=1S/C17H26N4O2.HI/c1-3-18-16(20-11-14-4-7-19-15(10-14)22-2)21-8-5-17(12-21)6-9-23-13-17;/h4,7,10H,3,5-6,8-9,11-13H2,1-2H3,(H,18,20);1H. The normalized spacial score (nSPS) is 23.4. The van der Waals surface area contributed by atoms with Crippen LogP contribution in [0.1, 0.15) is 25.3 Å². The molecule has 134 valence electrons. The molecule has 0 amide bonds. The zero-order chi connectivity index (χ0) is 16.1. The van der Waals surface area contributed by atoms with Gasteiger partial charge in [0.05, 0.1) is 20.3 Å². The van der Waals surface area contributed by atoms with Crippen LogP contribution in [0.5, 0.6) is 5.88 Å². The summed E-state index contributed by atoms with van der Waals surface area (Å²) in [5.41, 5.74) is 1.45. The molecule has 3 heterocycles. The van der Waals surface area contributed by atoms with Crippen LogP contribution in [0.4, 0.5) is 0 Å². The fraction of sp³-hybridized carbons (Fsp3) is 0.647. The Balaban J connectivity index is 0.00000208. The first-order valence-corrected chi connectivity index (χ1v) is 8.35. The number of ether oxygens (including phenoxy) is 2. The lowest BCUT2D eigenvalue weighted by Crippen LogP contribution is -2.41. The molecule has 3 rings (SSSR count). The van der Waals surface area contributed by atoms with Gasteiger partial charge in [-0.1, -0.05) is 0 Å². The lowest BCUT2D eigenvalue weighted by Gasteiger charge is -2.25. The molecule has 2 saturated heterocycles. The summed E-state index contributed by atoms with van der Waals surface area (Å²) >= 11 is 0. The van der Waals surface area contributed by atoms with Crippen LogP contribution in [0.25, 0.3) is 0 Å². The molecule has 1 N–H and O–H groups in total. The van der Waals surface area contributed by atoms with Crippen LogP contribution in [-0.2, 0) is 11.3 Å². The van der Waals surface area contributed by atoms with Crippen molar-refractivity contribution in [3.63, 3.8) is 0 Å². The maximum atomic E-state index is 5.62. The van der Waals surface area contributed by atoms with E-state index in [0.717, 1.165) is 44.4 Å². The summed E-state index contributed by atoms with van der Waals surface area (Å²) in [5.74, 6) is 1.62. The van der Waals surface area contributed by atoms with Gasteiger partial charge in [0.15, 0.2) is 5.96 Å². The molecule has 6 nitrogen and oxygen atoms in total. The van der Waals surface area contributed by atoms with Crippen LogP contribution in [0.15, 0.2) is 23.3 Å². The van der Waals surface area contributed by atoms with Crippen LogP contribution < -0.4 is 10.1 Å². The molecule has 1 spiro atoms. The molecule has 1 aromatic heterocycles. The van der Waals surface area contributed by atoms with Gasteiger partial charge in [0, 0.05) is 43.9 Å².